The maximum atomic E-state index is 13.5. The van der Waals surface area contributed by atoms with E-state index < -0.39 is 23.2 Å². The summed E-state index contributed by atoms with van der Waals surface area (Å²) >= 11 is 0. The maximum Gasteiger partial charge on any atom is 0.338 e. The molecule has 0 saturated carbocycles. The molecule has 1 aromatic rings. The highest BCUT2D eigenvalue weighted by molar-refractivity contribution is 5.89. The van der Waals surface area contributed by atoms with Crippen LogP contribution in [0.4, 0.5) is 14.5 Å². The molecule has 98 valence electrons. The molecule has 1 aromatic carbocycles. The second-order valence-electron chi connectivity index (χ2n) is 4.30. The Kier molecular flexibility index (Phi) is 3.76. The van der Waals surface area contributed by atoms with Gasteiger partial charge < -0.3 is 15.7 Å². The number of benzene rings is 1. The van der Waals surface area contributed by atoms with E-state index in [1.165, 1.54) is 0 Å². The first-order chi connectivity index (χ1) is 8.58. The Bertz CT molecular complexity index is 460. The van der Waals surface area contributed by atoms with Crippen LogP contribution in [-0.4, -0.2) is 30.2 Å². The van der Waals surface area contributed by atoms with Crippen LogP contribution < -0.4 is 10.6 Å². The Morgan fingerprint density at radius 2 is 2.17 bits per heavy atom. The van der Waals surface area contributed by atoms with E-state index >= 15 is 0 Å². The van der Waals surface area contributed by atoms with Crippen LogP contribution in [0.3, 0.4) is 0 Å². The first-order valence-corrected chi connectivity index (χ1v) is 5.77. The SMILES string of the molecule is O=C(O)c1cc(NC2CCCNC2)c(F)cc1F. The lowest BCUT2D eigenvalue weighted by Gasteiger charge is -2.25. The van der Waals surface area contributed by atoms with Crippen molar-refractivity contribution < 1.29 is 18.7 Å². The standard InChI is InChI=1S/C12H14F2N2O2/c13-9-5-10(14)11(4-8(9)12(17)18)16-7-2-1-3-15-6-7/h4-5,7,15-16H,1-3,6H2,(H,17,18). The number of hydrogen-bond donors (Lipinski definition) is 3. The van der Waals surface area contributed by atoms with Gasteiger partial charge in [-0.3, -0.25) is 0 Å². The third kappa shape index (κ3) is 2.76. The summed E-state index contributed by atoms with van der Waals surface area (Å²) in [6.07, 6.45) is 1.83. The summed E-state index contributed by atoms with van der Waals surface area (Å²) in [5, 5.41) is 14.8. The van der Waals surface area contributed by atoms with Gasteiger partial charge in [0.15, 0.2) is 0 Å². The van der Waals surface area contributed by atoms with Crippen LogP contribution in [0.25, 0.3) is 0 Å². The number of aromatic carboxylic acids is 1. The first-order valence-electron chi connectivity index (χ1n) is 5.77. The molecule has 0 radical (unpaired) electrons. The molecule has 1 fully saturated rings. The van der Waals surface area contributed by atoms with E-state index in [0.717, 1.165) is 25.5 Å². The summed E-state index contributed by atoms with van der Waals surface area (Å²) in [6, 6.07) is 1.63. The van der Waals surface area contributed by atoms with Gasteiger partial charge in [0, 0.05) is 18.7 Å². The highest BCUT2D eigenvalue weighted by Gasteiger charge is 2.18. The number of rotatable bonds is 3. The maximum absolute atomic E-state index is 13.5. The summed E-state index contributed by atoms with van der Waals surface area (Å²) in [4.78, 5) is 10.8. The Labute approximate surface area is 103 Å². The lowest BCUT2D eigenvalue weighted by molar-refractivity contribution is 0.0692. The largest absolute Gasteiger partial charge is 0.478 e. The zero-order valence-electron chi connectivity index (χ0n) is 9.67. The Morgan fingerprint density at radius 1 is 1.39 bits per heavy atom. The smallest absolute Gasteiger partial charge is 0.338 e. The molecule has 0 amide bonds. The summed E-state index contributed by atoms with van der Waals surface area (Å²) in [5.74, 6) is -3.24. The van der Waals surface area contributed by atoms with Gasteiger partial charge in [-0.15, -0.1) is 0 Å². The van der Waals surface area contributed by atoms with E-state index in [0.29, 0.717) is 12.6 Å². The van der Waals surface area contributed by atoms with Crippen molar-refractivity contribution >= 4 is 11.7 Å². The number of carboxylic acid groups (broad SMARTS) is 1. The number of anilines is 1. The van der Waals surface area contributed by atoms with Crippen LogP contribution in [0.2, 0.25) is 0 Å². The molecule has 1 aliphatic heterocycles. The average molecular weight is 256 g/mol. The van der Waals surface area contributed by atoms with Gasteiger partial charge in [0.1, 0.15) is 11.6 Å². The van der Waals surface area contributed by atoms with Crippen LogP contribution in [0.5, 0.6) is 0 Å². The van der Waals surface area contributed by atoms with Crippen molar-refractivity contribution in [2.45, 2.75) is 18.9 Å². The van der Waals surface area contributed by atoms with Crippen molar-refractivity contribution in [3.63, 3.8) is 0 Å². The summed E-state index contributed by atoms with van der Waals surface area (Å²) < 4.78 is 26.7. The molecule has 0 aromatic heterocycles. The predicted octanol–water partition coefficient (Wildman–Crippen LogP) is 1.83. The molecule has 6 heteroatoms. The van der Waals surface area contributed by atoms with Crippen molar-refractivity contribution in [2.24, 2.45) is 0 Å². The number of carbonyl (C=O) groups is 1. The van der Waals surface area contributed by atoms with E-state index in [2.05, 4.69) is 10.6 Å². The van der Waals surface area contributed by atoms with Gasteiger partial charge in [0.05, 0.1) is 11.3 Å². The number of piperidine rings is 1. The molecule has 0 spiro atoms. The van der Waals surface area contributed by atoms with E-state index in [1.807, 2.05) is 0 Å². The van der Waals surface area contributed by atoms with Crippen LogP contribution in [0, 0.1) is 11.6 Å². The van der Waals surface area contributed by atoms with Crippen molar-refractivity contribution in [2.75, 3.05) is 18.4 Å². The minimum absolute atomic E-state index is 0.0281. The molecule has 18 heavy (non-hydrogen) atoms. The van der Waals surface area contributed by atoms with E-state index in [4.69, 9.17) is 5.11 Å². The fourth-order valence-electron chi connectivity index (χ4n) is 2.02. The number of halogens is 2. The predicted molar refractivity (Wildman–Crippen MR) is 62.8 cm³/mol. The van der Waals surface area contributed by atoms with Gasteiger partial charge in [-0.25, -0.2) is 13.6 Å². The number of hydrogen-bond acceptors (Lipinski definition) is 3. The highest BCUT2D eigenvalue weighted by Crippen LogP contribution is 2.21. The molecule has 0 aliphatic carbocycles. The lowest BCUT2D eigenvalue weighted by Crippen LogP contribution is -2.38. The summed E-state index contributed by atoms with van der Waals surface area (Å²) in [6.45, 7) is 1.60. The molecule has 0 bridgehead atoms. The zero-order valence-corrected chi connectivity index (χ0v) is 9.67. The van der Waals surface area contributed by atoms with Crippen LogP contribution in [-0.2, 0) is 0 Å². The molecular formula is C12H14F2N2O2. The van der Waals surface area contributed by atoms with Gasteiger partial charge in [-0.2, -0.15) is 0 Å². The molecular weight excluding hydrogens is 242 g/mol. The monoisotopic (exact) mass is 256 g/mol. The zero-order chi connectivity index (χ0) is 13.1. The van der Waals surface area contributed by atoms with E-state index in [9.17, 15) is 13.6 Å². The normalized spacial score (nSPS) is 19.6. The third-order valence-electron chi connectivity index (χ3n) is 2.94. The van der Waals surface area contributed by atoms with Gasteiger partial charge in [-0.1, -0.05) is 0 Å². The van der Waals surface area contributed by atoms with Crippen LogP contribution in [0.15, 0.2) is 12.1 Å². The minimum Gasteiger partial charge on any atom is -0.478 e. The van der Waals surface area contributed by atoms with Gasteiger partial charge in [0.2, 0.25) is 0 Å². The number of carboxylic acids is 1. The molecule has 1 saturated heterocycles. The molecule has 1 heterocycles. The summed E-state index contributed by atoms with van der Waals surface area (Å²) in [5.41, 5.74) is -0.495. The molecule has 1 aliphatic rings. The number of nitrogens with one attached hydrogen (secondary N) is 2. The Balaban J connectivity index is 2.21. The molecule has 1 unspecified atom stereocenters. The topological polar surface area (TPSA) is 61.4 Å². The van der Waals surface area contributed by atoms with Gasteiger partial charge >= 0.3 is 5.97 Å². The molecule has 1 atom stereocenters. The second-order valence-corrected chi connectivity index (χ2v) is 4.30. The fraction of sp³-hybridized carbons (Fsp3) is 0.417. The molecule has 3 N–H and O–H groups in total. The molecule has 2 rings (SSSR count). The Morgan fingerprint density at radius 3 is 2.78 bits per heavy atom. The third-order valence-corrected chi connectivity index (χ3v) is 2.94. The van der Waals surface area contributed by atoms with Gasteiger partial charge in [-0.05, 0) is 25.5 Å². The van der Waals surface area contributed by atoms with E-state index in [1.54, 1.807) is 0 Å². The lowest BCUT2D eigenvalue weighted by atomic mass is 10.1. The van der Waals surface area contributed by atoms with Crippen molar-refractivity contribution in [1.29, 1.82) is 0 Å². The highest BCUT2D eigenvalue weighted by atomic mass is 19.1. The Hall–Kier alpha value is -1.69. The first kappa shape index (κ1) is 12.8. The van der Waals surface area contributed by atoms with Crippen molar-refractivity contribution in [3.05, 3.63) is 29.3 Å². The van der Waals surface area contributed by atoms with Crippen molar-refractivity contribution in [3.8, 4) is 0 Å². The second kappa shape index (κ2) is 5.30. The minimum atomic E-state index is -1.41. The van der Waals surface area contributed by atoms with Gasteiger partial charge in [0.25, 0.3) is 0 Å². The molecule has 4 nitrogen and oxygen atoms in total. The van der Waals surface area contributed by atoms with E-state index in [-0.39, 0.29) is 11.7 Å². The van der Waals surface area contributed by atoms with Crippen LogP contribution >= 0.6 is 0 Å². The summed E-state index contributed by atoms with van der Waals surface area (Å²) in [7, 11) is 0. The van der Waals surface area contributed by atoms with Crippen molar-refractivity contribution in [1.82, 2.24) is 5.32 Å². The van der Waals surface area contributed by atoms with Crippen LogP contribution in [0.1, 0.15) is 23.2 Å². The fourth-order valence-corrected chi connectivity index (χ4v) is 2.02. The quantitative estimate of drug-likeness (QED) is 0.772. The average Bonchev–Trinajstić information content (AvgIpc) is 2.33.